The summed E-state index contributed by atoms with van der Waals surface area (Å²) in [4.78, 5) is 21.8. The third-order valence-electron chi connectivity index (χ3n) is 4.07. The van der Waals surface area contributed by atoms with E-state index in [1.165, 1.54) is 23.8 Å². The highest BCUT2D eigenvalue weighted by atomic mass is 16.6. The molecule has 0 saturated heterocycles. The van der Waals surface area contributed by atoms with Gasteiger partial charge in [-0.3, -0.25) is 14.9 Å². The number of benzene rings is 2. The summed E-state index contributed by atoms with van der Waals surface area (Å²) in [7, 11) is 0. The van der Waals surface area contributed by atoms with Gasteiger partial charge < -0.3 is 9.84 Å². The second-order valence-corrected chi connectivity index (χ2v) is 5.93. The number of rotatable bonds is 8. The predicted molar refractivity (Wildman–Crippen MR) is 101 cm³/mol. The fraction of sp³-hybridized carbons (Fsp3) is 0.263. The van der Waals surface area contributed by atoms with Crippen LogP contribution in [0.4, 0.5) is 5.69 Å². The van der Waals surface area contributed by atoms with Crippen molar-refractivity contribution in [2.45, 2.75) is 26.2 Å². The molecule has 0 heterocycles. The van der Waals surface area contributed by atoms with Gasteiger partial charge in [0.05, 0.1) is 11.1 Å². The number of ether oxygens (including phenoxy) is 1. The van der Waals surface area contributed by atoms with E-state index in [0.29, 0.717) is 11.7 Å². The number of nitro groups is 1. The second-order valence-electron chi connectivity index (χ2n) is 5.93. The third-order valence-corrected chi connectivity index (χ3v) is 4.07. The molecule has 2 aromatic rings. The van der Waals surface area contributed by atoms with Crippen LogP contribution >= 0.6 is 0 Å². The molecule has 1 atom stereocenters. The number of nitrogens with zero attached hydrogens (tertiary/aromatic N) is 2. The van der Waals surface area contributed by atoms with Crippen LogP contribution in [0.2, 0.25) is 0 Å². The van der Waals surface area contributed by atoms with Crippen molar-refractivity contribution in [3.8, 4) is 11.5 Å². The van der Waals surface area contributed by atoms with E-state index >= 15 is 0 Å². The molecule has 0 aliphatic carbocycles. The average Bonchev–Trinajstić information content (AvgIpc) is 2.67. The Morgan fingerprint density at radius 2 is 2.04 bits per heavy atom. The molecule has 0 aromatic heterocycles. The molecule has 8 nitrogen and oxygen atoms in total. The summed E-state index contributed by atoms with van der Waals surface area (Å²) in [6, 6.07) is 11.6. The van der Waals surface area contributed by atoms with Gasteiger partial charge in [-0.1, -0.05) is 32.0 Å². The number of para-hydroxylation sites is 1. The normalized spacial score (nSPS) is 11.9. The second kappa shape index (κ2) is 9.33. The summed E-state index contributed by atoms with van der Waals surface area (Å²) in [5.74, 6) is 0.0137. The molecule has 0 saturated carbocycles. The number of aromatic hydroxyl groups is 1. The fourth-order valence-corrected chi connectivity index (χ4v) is 2.28. The lowest BCUT2D eigenvalue weighted by Gasteiger charge is -2.10. The summed E-state index contributed by atoms with van der Waals surface area (Å²) in [6.45, 7) is 4.02. The minimum atomic E-state index is -0.703. The Morgan fingerprint density at radius 3 is 2.67 bits per heavy atom. The number of hydrazone groups is 1. The molecule has 0 radical (unpaired) electrons. The Bertz CT molecular complexity index is 834. The predicted octanol–water partition coefficient (Wildman–Crippen LogP) is 3.34. The van der Waals surface area contributed by atoms with Crippen molar-refractivity contribution in [3.63, 3.8) is 0 Å². The summed E-state index contributed by atoms with van der Waals surface area (Å²) >= 11 is 0. The van der Waals surface area contributed by atoms with E-state index in [1.54, 1.807) is 12.1 Å². The van der Waals surface area contributed by atoms with Gasteiger partial charge in [0.15, 0.2) is 6.61 Å². The number of nitrogens with one attached hydrogen (secondary N) is 1. The van der Waals surface area contributed by atoms with E-state index in [4.69, 9.17) is 4.74 Å². The molecular weight excluding hydrogens is 350 g/mol. The molecule has 0 aliphatic heterocycles. The Morgan fingerprint density at radius 1 is 1.33 bits per heavy atom. The molecular formula is C19H21N3O5. The van der Waals surface area contributed by atoms with E-state index in [-0.39, 0.29) is 12.2 Å². The summed E-state index contributed by atoms with van der Waals surface area (Å²) < 4.78 is 5.39. The van der Waals surface area contributed by atoms with Crippen LogP contribution in [0.3, 0.4) is 0 Å². The molecule has 2 N–H and O–H groups in total. The summed E-state index contributed by atoms with van der Waals surface area (Å²) in [6.07, 6.45) is 2.17. The van der Waals surface area contributed by atoms with Crippen molar-refractivity contribution in [2.24, 2.45) is 5.10 Å². The number of carbonyl (C=O) groups excluding carboxylic acids is 1. The van der Waals surface area contributed by atoms with Crippen LogP contribution in [-0.4, -0.2) is 28.8 Å². The van der Waals surface area contributed by atoms with Gasteiger partial charge in [-0.2, -0.15) is 5.10 Å². The first-order valence-corrected chi connectivity index (χ1v) is 8.43. The molecule has 2 aromatic carbocycles. The van der Waals surface area contributed by atoms with E-state index < -0.39 is 22.3 Å². The fourth-order valence-electron chi connectivity index (χ4n) is 2.28. The SMILES string of the molecule is CCC(C)c1ccc(OCC(=O)N/N=C/c2cccc([N+](=O)[O-])c2O)cc1. The van der Waals surface area contributed by atoms with Crippen LogP contribution in [-0.2, 0) is 4.79 Å². The van der Waals surface area contributed by atoms with Gasteiger partial charge in [0.1, 0.15) is 5.75 Å². The molecule has 1 unspecified atom stereocenters. The minimum Gasteiger partial charge on any atom is -0.502 e. The maximum Gasteiger partial charge on any atom is 0.311 e. The van der Waals surface area contributed by atoms with Gasteiger partial charge in [0.2, 0.25) is 5.75 Å². The number of carbonyl (C=O) groups is 1. The Labute approximate surface area is 156 Å². The standard InChI is InChI=1S/C19H21N3O5/c1-3-13(2)14-7-9-16(10-8-14)27-12-18(23)21-20-11-15-5-4-6-17(19(15)24)22(25)26/h4-11,13,24H,3,12H2,1-2H3,(H,21,23)/b20-11+. The van der Waals surface area contributed by atoms with Crippen molar-refractivity contribution in [1.29, 1.82) is 0 Å². The first-order valence-electron chi connectivity index (χ1n) is 8.43. The number of amides is 1. The number of nitro benzene ring substituents is 1. The number of phenolic OH excluding ortho intramolecular Hbond substituents is 1. The van der Waals surface area contributed by atoms with Gasteiger partial charge in [0, 0.05) is 11.6 Å². The van der Waals surface area contributed by atoms with Crippen molar-refractivity contribution in [3.05, 3.63) is 63.7 Å². The first-order chi connectivity index (χ1) is 12.9. The monoisotopic (exact) mass is 371 g/mol. The van der Waals surface area contributed by atoms with Crippen molar-refractivity contribution < 1.29 is 19.6 Å². The molecule has 27 heavy (non-hydrogen) atoms. The van der Waals surface area contributed by atoms with E-state index in [1.807, 2.05) is 12.1 Å². The number of hydrogen-bond donors (Lipinski definition) is 2. The zero-order valence-electron chi connectivity index (χ0n) is 15.1. The molecule has 142 valence electrons. The first kappa shape index (κ1) is 19.9. The van der Waals surface area contributed by atoms with Crippen molar-refractivity contribution in [2.75, 3.05) is 6.61 Å². The van der Waals surface area contributed by atoms with E-state index in [9.17, 15) is 20.0 Å². The molecule has 1 amide bonds. The molecule has 0 fully saturated rings. The van der Waals surface area contributed by atoms with Gasteiger partial charge in [-0.15, -0.1) is 0 Å². The Kier molecular flexibility index (Phi) is 6.87. The highest BCUT2D eigenvalue weighted by Crippen LogP contribution is 2.27. The lowest BCUT2D eigenvalue weighted by atomic mass is 9.99. The quantitative estimate of drug-likeness (QED) is 0.420. The molecule has 0 aliphatic rings. The maximum absolute atomic E-state index is 11.8. The van der Waals surface area contributed by atoms with Gasteiger partial charge in [0.25, 0.3) is 5.91 Å². The van der Waals surface area contributed by atoms with Crippen LogP contribution in [0.1, 0.15) is 37.3 Å². The molecule has 8 heteroatoms. The lowest BCUT2D eigenvalue weighted by Crippen LogP contribution is -2.24. The lowest BCUT2D eigenvalue weighted by molar-refractivity contribution is -0.385. The number of phenols is 1. The zero-order chi connectivity index (χ0) is 19.8. The highest BCUT2D eigenvalue weighted by molar-refractivity contribution is 5.87. The smallest absolute Gasteiger partial charge is 0.311 e. The Balaban J connectivity index is 1.87. The maximum atomic E-state index is 11.8. The van der Waals surface area contributed by atoms with E-state index in [2.05, 4.69) is 24.4 Å². The van der Waals surface area contributed by atoms with Gasteiger partial charge in [-0.25, -0.2) is 5.43 Å². The highest BCUT2D eigenvalue weighted by Gasteiger charge is 2.15. The van der Waals surface area contributed by atoms with Crippen LogP contribution in [0.5, 0.6) is 11.5 Å². The van der Waals surface area contributed by atoms with Crippen LogP contribution < -0.4 is 10.2 Å². The van der Waals surface area contributed by atoms with Crippen molar-refractivity contribution >= 4 is 17.8 Å². The van der Waals surface area contributed by atoms with Gasteiger partial charge >= 0.3 is 5.69 Å². The van der Waals surface area contributed by atoms with Gasteiger partial charge in [-0.05, 0) is 36.1 Å². The average molecular weight is 371 g/mol. The molecule has 0 bridgehead atoms. The van der Waals surface area contributed by atoms with Crippen LogP contribution in [0.25, 0.3) is 0 Å². The number of hydrogen-bond acceptors (Lipinski definition) is 6. The van der Waals surface area contributed by atoms with Crippen LogP contribution in [0, 0.1) is 10.1 Å². The summed E-state index contributed by atoms with van der Waals surface area (Å²) in [5, 5.41) is 24.2. The topological polar surface area (TPSA) is 114 Å². The Hall–Kier alpha value is -3.42. The molecule has 0 spiro atoms. The van der Waals surface area contributed by atoms with Crippen LogP contribution in [0.15, 0.2) is 47.6 Å². The molecule has 2 rings (SSSR count). The summed E-state index contributed by atoms with van der Waals surface area (Å²) in [5.41, 5.74) is 3.13. The zero-order valence-corrected chi connectivity index (χ0v) is 15.1. The van der Waals surface area contributed by atoms with E-state index in [0.717, 1.165) is 12.6 Å². The third kappa shape index (κ3) is 5.53. The minimum absolute atomic E-state index is 0.117. The van der Waals surface area contributed by atoms with Crippen molar-refractivity contribution in [1.82, 2.24) is 5.43 Å². The largest absolute Gasteiger partial charge is 0.502 e.